The Balaban J connectivity index is 1.74. The fraction of sp³-hybridized carbons (Fsp3) is 0.360. The average Bonchev–Trinajstić information content (AvgIpc) is 3.43. The number of nitrogens with zero attached hydrogens (tertiary/aromatic N) is 3. The zero-order valence-electron chi connectivity index (χ0n) is 19.0. The van der Waals surface area contributed by atoms with Gasteiger partial charge in [-0.05, 0) is 67.6 Å². The first kappa shape index (κ1) is 24.2. The van der Waals surface area contributed by atoms with Crippen molar-refractivity contribution in [2.75, 3.05) is 12.0 Å². The lowest BCUT2D eigenvalue weighted by Crippen LogP contribution is -2.21. The highest BCUT2D eigenvalue weighted by Crippen LogP contribution is 2.37. The molecule has 9 heteroatoms. The van der Waals surface area contributed by atoms with Gasteiger partial charge in [0.05, 0.1) is 27.7 Å². The second-order valence-electron chi connectivity index (χ2n) is 8.12. The molecular formula is C25H26F4N4S. The van der Waals surface area contributed by atoms with Crippen molar-refractivity contribution in [1.82, 2.24) is 14.2 Å². The highest BCUT2D eigenvalue weighted by atomic mass is 32.1. The van der Waals surface area contributed by atoms with Crippen LogP contribution in [0.1, 0.15) is 50.5 Å². The maximum Gasteiger partial charge on any atom is 0.416 e. The molecule has 1 N–H and O–H groups in total. The predicted octanol–water partition coefficient (Wildman–Crippen LogP) is 7.64. The number of nitrogens with one attached hydrogen (secondary N) is 1. The zero-order chi connectivity index (χ0) is 24.3. The van der Waals surface area contributed by atoms with E-state index in [-0.39, 0.29) is 23.6 Å². The molecule has 2 aromatic heterocycles. The van der Waals surface area contributed by atoms with E-state index in [0.29, 0.717) is 12.2 Å². The van der Waals surface area contributed by atoms with Crippen molar-refractivity contribution in [2.45, 2.75) is 51.9 Å². The Kier molecular flexibility index (Phi) is 7.21. The van der Waals surface area contributed by atoms with Crippen LogP contribution in [0.15, 0.2) is 59.7 Å². The van der Waals surface area contributed by atoms with E-state index in [9.17, 15) is 17.6 Å². The summed E-state index contributed by atoms with van der Waals surface area (Å²) in [6.45, 7) is 3.02. The van der Waals surface area contributed by atoms with Crippen molar-refractivity contribution in [3.8, 4) is 0 Å². The monoisotopic (exact) mass is 490 g/mol. The first-order valence-corrected chi connectivity index (χ1v) is 12.0. The van der Waals surface area contributed by atoms with Gasteiger partial charge in [0.1, 0.15) is 12.5 Å². The molecule has 4 nitrogen and oxygen atoms in total. The molecule has 0 aliphatic carbocycles. The van der Waals surface area contributed by atoms with Crippen molar-refractivity contribution < 1.29 is 17.6 Å². The number of allylic oxidation sites excluding steroid dienone is 6. The van der Waals surface area contributed by atoms with Gasteiger partial charge in [-0.1, -0.05) is 31.2 Å². The summed E-state index contributed by atoms with van der Waals surface area (Å²) in [5.74, 6) is 0.778. The Morgan fingerprint density at radius 1 is 1.29 bits per heavy atom. The van der Waals surface area contributed by atoms with Crippen LogP contribution in [0.5, 0.6) is 0 Å². The average molecular weight is 491 g/mol. The molecule has 1 aliphatic heterocycles. The molecule has 1 atom stereocenters. The van der Waals surface area contributed by atoms with Crippen molar-refractivity contribution in [3.05, 3.63) is 71.1 Å². The van der Waals surface area contributed by atoms with Gasteiger partial charge in [0.2, 0.25) is 0 Å². The van der Waals surface area contributed by atoms with Crippen molar-refractivity contribution >= 4 is 33.0 Å². The number of anilines is 1. The normalized spacial score (nSPS) is 17.8. The third kappa shape index (κ3) is 4.94. The Morgan fingerprint density at radius 3 is 2.79 bits per heavy atom. The standard InChI is InChI=1S/C25H26F4N4S/c1-3-8-17(25(27,28)29)13-19(16(4-2)15-26)21-14-22-20(10-7-12-33(22)31-21)30-24-18-9-5-6-11-23(18)34-32-24/h4-6,8-9,11,13-14,20H,3,7,10,12,15H2,1-2H3,(H,30,32)/b16-4-,17-8-,19-13+. The van der Waals surface area contributed by atoms with Crippen LogP contribution in [0.25, 0.3) is 15.7 Å². The molecule has 1 unspecified atom stereocenters. The molecule has 4 rings (SSSR count). The SMILES string of the molecule is C\C=C(CF)/C(=C\C(=C\CC)C(F)(F)F)c1cc2n(n1)CCCC2Nc1nsc2ccccc12. The minimum Gasteiger partial charge on any atom is -0.360 e. The van der Waals surface area contributed by atoms with Gasteiger partial charge in [-0.15, -0.1) is 0 Å². The van der Waals surface area contributed by atoms with E-state index in [1.54, 1.807) is 24.6 Å². The molecule has 180 valence electrons. The number of aryl methyl sites for hydroxylation is 1. The lowest BCUT2D eigenvalue weighted by Gasteiger charge is -2.24. The van der Waals surface area contributed by atoms with Crippen molar-refractivity contribution in [1.29, 1.82) is 0 Å². The van der Waals surface area contributed by atoms with E-state index in [1.165, 1.54) is 17.6 Å². The van der Waals surface area contributed by atoms with Crippen LogP contribution in [0.2, 0.25) is 0 Å². The van der Waals surface area contributed by atoms with Crippen LogP contribution >= 0.6 is 11.5 Å². The van der Waals surface area contributed by atoms with Crippen LogP contribution in [-0.4, -0.2) is 27.0 Å². The second kappa shape index (κ2) is 10.1. The third-order valence-corrected chi connectivity index (χ3v) is 6.71. The Morgan fingerprint density at radius 2 is 2.09 bits per heavy atom. The van der Waals surface area contributed by atoms with E-state index < -0.39 is 18.4 Å². The first-order valence-electron chi connectivity index (χ1n) is 11.2. The van der Waals surface area contributed by atoms with Crippen LogP contribution in [0.3, 0.4) is 0 Å². The quantitative estimate of drug-likeness (QED) is 0.273. The molecule has 0 spiro atoms. The molecule has 0 saturated carbocycles. The third-order valence-electron chi connectivity index (χ3n) is 5.88. The van der Waals surface area contributed by atoms with Crippen LogP contribution in [0.4, 0.5) is 23.4 Å². The molecular weight excluding hydrogens is 464 g/mol. The number of fused-ring (bicyclic) bond motifs is 2. The van der Waals surface area contributed by atoms with E-state index in [1.807, 2.05) is 24.3 Å². The number of hydrogen-bond acceptors (Lipinski definition) is 4. The fourth-order valence-electron chi connectivity index (χ4n) is 4.18. The van der Waals surface area contributed by atoms with Gasteiger partial charge in [0.25, 0.3) is 0 Å². The van der Waals surface area contributed by atoms with Gasteiger partial charge in [-0.2, -0.15) is 22.6 Å². The van der Waals surface area contributed by atoms with Crippen LogP contribution < -0.4 is 5.32 Å². The summed E-state index contributed by atoms with van der Waals surface area (Å²) >= 11 is 1.41. The lowest BCUT2D eigenvalue weighted by atomic mass is 9.98. The fourth-order valence-corrected chi connectivity index (χ4v) is 4.93. The molecule has 3 aromatic rings. The van der Waals surface area contributed by atoms with Crippen molar-refractivity contribution in [2.24, 2.45) is 0 Å². The van der Waals surface area contributed by atoms with E-state index in [4.69, 9.17) is 0 Å². The minimum absolute atomic E-state index is 0.102. The van der Waals surface area contributed by atoms with Gasteiger partial charge < -0.3 is 5.32 Å². The highest BCUT2D eigenvalue weighted by molar-refractivity contribution is 7.13. The van der Waals surface area contributed by atoms with Gasteiger partial charge >= 0.3 is 6.18 Å². The molecule has 0 bridgehead atoms. The topological polar surface area (TPSA) is 42.7 Å². The molecule has 0 saturated heterocycles. The summed E-state index contributed by atoms with van der Waals surface area (Å²) < 4.78 is 62.1. The molecule has 0 fully saturated rings. The number of hydrogen-bond donors (Lipinski definition) is 1. The maximum atomic E-state index is 13.8. The van der Waals surface area contributed by atoms with E-state index in [2.05, 4.69) is 14.8 Å². The molecule has 3 heterocycles. The molecule has 1 aromatic carbocycles. The minimum atomic E-state index is -4.54. The number of halogens is 4. The Labute approximate surface area is 199 Å². The highest BCUT2D eigenvalue weighted by Gasteiger charge is 2.33. The lowest BCUT2D eigenvalue weighted by molar-refractivity contribution is -0.0883. The molecule has 0 amide bonds. The van der Waals surface area contributed by atoms with Gasteiger partial charge in [-0.25, -0.2) is 4.39 Å². The van der Waals surface area contributed by atoms with E-state index >= 15 is 0 Å². The Bertz CT molecular complexity index is 1250. The maximum absolute atomic E-state index is 13.8. The number of aromatic nitrogens is 3. The number of rotatable bonds is 7. The van der Waals surface area contributed by atoms with Gasteiger partial charge in [-0.3, -0.25) is 4.68 Å². The first-order chi connectivity index (χ1) is 16.4. The summed E-state index contributed by atoms with van der Waals surface area (Å²) in [6, 6.07) is 9.61. The smallest absolute Gasteiger partial charge is 0.360 e. The summed E-state index contributed by atoms with van der Waals surface area (Å²) in [5, 5.41) is 9.11. The second-order valence-corrected chi connectivity index (χ2v) is 8.92. The van der Waals surface area contributed by atoms with Crippen LogP contribution in [-0.2, 0) is 6.54 Å². The predicted molar refractivity (Wildman–Crippen MR) is 130 cm³/mol. The van der Waals surface area contributed by atoms with Gasteiger partial charge in [0, 0.05) is 17.5 Å². The molecule has 1 aliphatic rings. The summed E-state index contributed by atoms with van der Waals surface area (Å²) in [4.78, 5) is 0. The summed E-state index contributed by atoms with van der Waals surface area (Å²) in [5.41, 5.74) is 0.723. The molecule has 0 radical (unpaired) electrons. The Hall–Kier alpha value is -2.94. The molecule has 34 heavy (non-hydrogen) atoms. The van der Waals surface area contributed by atoms with Gasteiger partial charge in [0.15, 0.2) is 0 Å². The largest absolute Gasteiger partial charge is 0.416 e. The number of benzene rings is 1. The van der Waals surface area contributed by atoms with E-state index in [0.717, 1.165) is 46.6 Å². The van der Waals surface area contributed by atoms with Crippen LogP contribution in [0, 0.1) is 0 Å². The summed E-state index contributed by atoms with van der Waals surface area (Å²) in [7, 11) is 0. The number of alkyl halides is 4. The zero-order valence-corrected chi connectivity index (χ0v) is 19.8. The summed E-state index contributed by atoms with van der Waals surface area (Å²) in [6.07, 6.45) is 0.997. The van der Waals surface area contributed by atoms with Crippen molar-refractivity contribution in [3.63, 3.8) is 0 Å².